The summed E-state index contributed by atoms with van der Waals surface area (Å²) < 4.78 is 30.6. The molecule has 0 fully saturated rings. The van der Waals surface area contributed by atoms with Crippen molar-refractivity contribution in [2.45, 2.75) is 0 Å². The zero-order chi connectivity index (χ0) is 12.9. The van der Waals surface area contributed by atoms with Gasteiger partial charge in [0.25, 0.3) is 0 Å². The summed E-state index contributed by atoms with van der Waals surface area (Å²) in [5.41, 5.74) is 0.143. The molecule has 0 heterocycles. The smallest absolute Gasteiger partial charge is 0.465 e. The second-order valence-corrected chi connectivity index (χ2v) is 4.70. The Kier molecular flexibility index (Phi) is 4.69. The van der Waals surface area contributed by atoms with Crippen molar-refractivity contribution in [3.8, 4) is 5.75 Å². The van der Waals surface area contributed by atoms with Gasteiger partial charge in [0.15, 0.2) is 0 Å². The molecule has 1 aromatic carbocycles. The highest BCUT2D eigenvalue weighted by Gasteiger charge is 2.27. The summed E-state index contributed by atoms with van der Waals surface area (Å²) in [7, 11) is -0.0754. The average molecular weight is 260 g/mol. The van der Waals surface area contributed by atoms with Gasteiger partial charge in [-0.2, -0.15) is 0 Å². The van der Waals surface area contributed by atoms with Crippen molar-refractivity contribution in [1.82, 2.24) is 0 Å². The highest BCUT2D eigenvalue weighted by Crippen LogP contribution is 2.48. The van der Waals surface area contributed by atoms with E-state index in [4.69, 9.17) is 4.52 Å². The van der Waals surface area contributed by atoms with Crippen LogP contribution in [0.25, 0.3) is 0 Å². The summed E-state index contributed by atoms with van der Waals surface area (Å²) in [5, 5.41) is 0. The van der Waals surface area contributed by atoms with Crippen molar-refractivity contribution < 1.29 is 27.7 Å². The normalized spacial score (nSPS) is 11.0. The minimum absolute atomic E-state index is 0.0754. The van der Waals surface area contributed by atoms with Gasteiger partial charge in [-0.15, -0.1) is 0 Å². The molecule has 7 heteroatoms. The van der Waals surface area contributed by atoms with Gasteiger partial charge in [-0.3, -0.25) is 9.05 Å². The summed E-state index contributed by atoms with van der Waals surface area (Å²) in [5.74, 6) is -0.522. The van der Waals surface area contributed by atoms with Crippen LogP contribution in [0.4, 0.5) is 0 Å². The largest absolute Gasteiger partial charge is 0.529 e. The molecule has 0 N–H and O–H groups in total. The maximum Gasteiger partial charge on any atom is 0.529 e. The number of methoxy groups -OCH3 is 1. The van der Waals surface area contributed by atoms with Crippen LogP contribution in [0.5, 0.6) is 5.75 Å². The molecule has 0 unspecified atom stereocenters. The van der Waals surface area contributed by atoms with Gasteiger partial charge in [-0.25, -0.2) is 9.36 Å². The van der Waals surface area contributed by atoms with E-state index in [1.54, 1.807) is 12.1 Å². The maximum absolute atomic E-state index is 11.8. The third-order valence-electron chi connectivity index (χ3n) is 1.95. The fourth-order valence-corrected chi connectivity index (χ4v) is 1.79. The second kappa shape index (κ2) is 5.82. The number of rotatable bonds is 5. The Balaban J connectivity index is 3.06. The summed E-state index contributed by atoms with van der Waals surface area (Å²) in [6, 6.07) is 6.20. The van der Waals surface area contributed by atoms with Crippen LogP contribution in [0.2, 0.25) is 0 Å². The molecule has 17 heavy (non-hydrogen) atoms. The average Bonchev–Trinajstić information content (AvgIpc) is 2.38. The first kappa shape index (κ1) is 13.7. The lowest BCUT2D eigenvalue weighted by atomic mass is 10.2. The molecule has 0 aliphatic heterocycles. The van der Waals surface area contributed by atoms with Gasteiger partial charge in [0.05, 0.1) is 7.11 Å². The third-order valence-corrected chi connectivity index (χ3v) is 3.26. The van der Waals surface area contributed by atoms with Crippen LogP contribution >= 0.6 is 7.82 Å². The van der Waals surface area contributed by atoms with Crippen LogP contribution in [0.3, 0.4) is 0 Å². The predicted octanol–water partition coefficient (Wildman–Crippen LogP) is 2.25. The zero-order valence-corrected chi connectivity index (χ0v) is 10.6. The molecule has 0 spiro atoms. The molecule has 0 aliphatic rings. The monoisotopic (exact) mass is 260 g/mol. The molecule has 0 radical (unpaired) electrons. The quantitative estimate of drug-likeness (QED) is 0.597. The Bertz CT molecular complexity index is 436. The molecule has 94 valence electrons. The van der Waals surface area contributed by atoms with Crippen LogP contribution in [-0.2, 0) is 18.3 Å². The molecule has 6 nitrogen and oxygen atoms in total. The summed E-state index contributed by atoms with van der Waals surface area (Å²) in [6.45, 7) is 0. The number of phosphoric acid groups is 1. The fourth-order valence-electron chi connectivity index (χ4n) is 1.09. The molecule has 0 amide bonds. The topological polar surface area (TPSA) is 71.1 Å². The third kappa shape index (κ3) is 3.30. The van der Waals surface area contributed by atoms with E-state index >= 15 is 0 Å². The van der Waals surface area contributed by atoms with E-state index in [1.807, 2.05) is 0 Å². The minimum atomic E-state index is -3.69. The van der Waals surface area contributed by atoms with Crippen LogP contribution in [0.15, 0.2) is 24.3 Å². The first-order chi connectivity index (χ1) is 8.06. The van der Waals surface area contributed by atoms with Crippen molar-refractivity contribution in [2.75, 3.05) is 21.3 Å². The van der Waals surface area contributed by atoms with Gasteiger partial charge >= 0.3 is 13.8 Å². The van der Waals surface area contributed by atoms with E-state index in [9.17, 15) is 9.36 Å². The van der Waals surface area contributed by atoms with E-state index < -0.39 is 13.8 Å². The highest BCUT2D eigenvalue weighted by molar-refractivity contribution is 7.48. The van der Waals surface area contributed by atoms with E-state index in [0.29, 0.717) is 0 Å². The van der Waals surface area contributed by atoms with Crippen LogP contribution in [-0.4, -0.2) is 27.3 Å². The summed E-state index contributed by atoms with van der Waals surface area (Å²) in [6.07, 6.45) is 0. The number of benzene rings is 1. The van der Waals surface area contributed by atoms with Gasteiger partial charge in [0, 0.05) is 14.2 Å². The number of carbonyl (C=O) groups is 1. The minimum Gasteiger partial charge on any atom is -0.465 e. The number of hydrogen-bond donors (Lipinski definition) is 0. The lowest BCUT2D eigenvalue weighted by Gasteiger charge is -2.15. The van der Waals surface area contributed by atoms with Crippen LogP contribution in [0, 0.1) is 0 Å². The number of para-hydroxylation sites is 1. The van der Waals surface area contributed by atoms with Gasteiger partial charge in [-0.1, -0.05) is 12.1 Å². The fraction of sp³-hybridized carbons (Fsp3) is 0.300. The molecule has 0 bridgehead atoms. The Morgan fingerprint density at radius 1 is 1.12 bits per heavy atom. The molecule has 1 aromatic rings. The highest BCUT2D eigenvalue weighted by atomic mass is 31.2. The molecule has 0 aromatic heterocycles. The Hall–Kier alpha value is -1.36. The lowest BCUT2D eigenvalue weighted by molar-refractivity contribution is 0.0598. The number of hydrogen-bond acceptors (Lipinski definition) is 6. The van der Waals surface area contributed by atoms with Crippen molar-refractivity contribution in [2.24, 2.45) is 0 Å². The van der Waals surface area contributed by atoms with Gasteiger partial charge in [0.1, 0.15) is 11.3 Å². The van der Waals surface area contributed by atoms with E-state index in [-0.39, 0.29) is 11.3 Å². The molecule has 1 rings (SSSR count). The molecular formula is C10H13O6P. The molecule has 0 saturated carbocycles. The van der Waals surface area contributed by atoms with Crippen molar-refractivity contribution in [3.63, 3.8) is 0 Å². The molecule has 0 saturated heterocycles. The first-order valence-corrected chi connectivity index (χ1v) is 6.11. The number of carbonyl (C=O) groups excluding carboxylic acids is 1. The zero-order valence-electron chi connectivity index (χ0n) is 9.71. The lowest BCUT2D eigenvalue weighted by Crippen LogP contribution is -2.05. The van der Waals surface area contributed by atoms with Crippen LogP contribution < -0.4 is 4.52 Å². The Morgan fingerprint density at radius 2 is 1.71 bits per heavy atom. The summed E-state index contributed by atoms with van der Waals surface area (Å²) >= 11 is 0. The first-order valence-electron chi connectivity index (χ1n) is 4.64. The van der Waals surface area contributed by atoms with E-state index in [0.717, 1.165) is 0 Å². The van der Waals surface area contributed by atoms with Gasteiger partial charge in [0.2, 0.25) is 0 Å². The van der Waals surface area contributed by atoms with E-state index in [1.165, 1.54) is 33.5 Å². The summed E-state index contributed by atoms with van der Waals surface area (Å²) in [4.78, 5) is 11.4. The molecule has 0 aliphatic carbocycles. The standard InChI is InChI=1S/C10H13O6P/c1-13-10(11)8-6-4-5-7-9(8)16-17(12,14-2)15-3/h4-7H,1-3H3. The predicted molar refractivity (Wildman–Crippen MR) is 60.0 cm³/mol. The number of phosphoric ester groups is 1. The SMILES string of the molecule is COC(=O)c1ccccc1OP(=O)(OC)OC. The number of ether oxygens (including phenoxy) is 1. The molecule has 0 atom stereocenters. The van der Waals surface area contributed by atoms with Crippen molar-refractivity contribution >= 4 is 13.8 Å². The van der Waals surface area contributed by atoms with E-state index in [2.05, 4.69) is 13.8 Å². The van der Waals surface area contributed by atoms with Crippen LogP contribution in [0.1, 0.15) is 10.4 Å². The van der Waals surface area contributed by atoms with Gasteiger partial charge < -0.3 is 9.26 Å². The number of esters is 1. The Morgan fingerprint density at radius 3 is 2.24 bits per heavy atom. The Labute approximate surface area is 99.1 Å². The molecular weight excluding hydrogens is 247 g/mol. The maximum atomic E-state index is 11.8. The second-order valence-electron chi connectivity index (χ2n) is 2.89. The van der Waals surface area contributed by atoms with Gasteiger partial charge in [-0.05, 0) is 12.1 Å². The van der Waals surface area contributed by atoms with Crippen molar-refractivity contribution in [1.29, 1.82) is 0 Å². The van der Waals surface area contributed by atoms with Crippen molar-refractivity contribution in [3.05, 3.63) is 29.8 Å².